The number of carbonyl (C=O) groups excluding carboxylic acids is 3. The summed E-state index contributed by atoms with van der Waals surface area (Å²) < 4.78 is 10.1. The Morgan fingerprint density at radius 2 is 2.03 bits per heavy atom. The fourth-order valence-corrected chi connectivity index (χ4v) is 3.80. The lowest BCUT2D eigenvalue weighted by Crippen LogP contribution is -2.50. The lowest BCUT2D eigenvalue weighted by Gasteiger charge is -2.25. The Hall–Kier alpha value is -2.85. The molecule has 9 nitrogen and oxygen atoms in total. The number of imidazole rings is 1. The highest BCUT2D eigenvalue weighted by Gasteiger charge is 2.52. The number of anilines is 1. The topological polar surface area (TPSA) is 126 Å². The van der Waals surface area contributed by atoms with E-state index in [2.05, 4.69) is 20.6 Å². The number of hydrogen-bond donors (Lipinski definition) is 3. The zero-order valence-electron chi connectivity index (χ0n) is 16.7. The molecule has 160 valence electrons. The molecular formula is C20H24N4O5S. The van der Waals surface area contributed by atoms with E-state index in [4.69, 9.17) is 9.47 Å². The van der Waals surface area contributed by atoms with Crippen LogP contribution in [0.4, 0.5) is 5.69 Å². The number of esters is 1. The number of carbonyl (C=O) groups is 3. The lowest BCUT2D eigenvalue weighted by molar-refractivity contribution is -0.144. The summed E-state index contributed by atoms with van der Waals surface area (Å²) in [7, 11) is 0. The van der Waals surface area contributed by atoms with Crippen molar-refractivity contribution >= 4 is 35.2 Å². The van der Waals surface area contributed by atoms with Gasteiger partial charge in [0.05, 0.1) is 19.0 Å². The predicted molar refractivity (Wildman–Crippen MR) is 112 cm³/mol. The summed E-state index contributed by atoms with van der Waals surface area (Å²) >= 11 is 1.32. The average Bonchev–Trinajstić information content (AvgIpc) is 3.39. The molecule has 1 aromatic carbocycles. The quantitative estimate of drug-likeness (QED) is 0.380. The first-order valence-corrected chi connectivity index (χ1v) is 10.8. The van der Waals surface area contributed by atoms with Crippen LogP contribution in [0.1, 0.15) is 12.6 Å². The van der Waals surface area contributed by atoms with Crippen LogP contribution in [0.15, 0.2) is 42.9 Å². The standard InChI is InChI=1S/C20H24N4O5S/c1-3-28-20(27)16-15(29-16)18(25)24-14(9-13-10-21-11-22-13)17(30-2)19(26)23-12-7-5-4-6-8-12/h4-8,10-11,14-17H,3,9H2,1-2H3,(H,21,22)(H,23,26)(H,24,25). The second kappa shape index (κ2) is 10.3. The maximum Gasteiger partial charge on any atom is 0.338 e. The molecule has 0 spiro atoms. The molecule has 3 rings (SSSR count). The van der Waals surface area contributed by atoms with Crippen LogP contribution >= 0.6 is 11.8 Å². The summed E-state index contributed by atoms with van der Waals surface area (Å²) in [5.74, 6) is -1.26. The molecular weight excluding hydrogens is 408 g/mol. The van der Waals surface area contributed by atoms with E-state index >= 15 is 0 Å². The molecule has 3 N–H and O–H groups in total. The first kappa shape index (κ1) is 21.8. The summed E-state index contributed by atoms with van der Waals surface area (Å²) in [4.78, 5) is 44.3. The maximum atomic E-state index is 12.9. The molecule has 1 aromatic heterocycles. The van der Waals surface area contributed by atoms with Gasteiger partial charge in [-0.2, -0.15) is 0 Å². The fraction of sp³-hybridized carbons (Fsp3) is 0.400. The van der Waals surface area contributed by atoms with Gasteiger partial charge >= 0.3 is 5.97 Å². The second-order valence-electron chi connectivity index (χ2n) is 6.64. The van der Waals surface area contributed by atoms with Crippen molar-refractivity contribution in [2.75, 3.05) is 18.2 Å². The van der Waals surface area contributed by atoms with Crippen molar-refractivity contribution < 1.29 is 23.9 Å². The number of thioether (sulfide) groups is 1. The third-order valence-corrected chi connectivity index (χ3v) is 5.56. The summed E-state index contributed by atoms with van der Waals surface area (Å²) in [6.07, 6.45) is 3.53. The van der Waals surface area contributed by atoms with E-state index in [1.165, 1.54) is 18.1 Å². The number of rotatable bonds is 10. The Morgan fingerprint density at radius 3 is 2.67 bits per heavy atom. The van der Waals surface area contributed by atoms with Crippen LogP contribution in [-0.4, -0.2) is 64.1 Å². The van der Waals surface area contributed by atoms with Gasteiger partial charge in [-0.05, 0) is 25.3 Å². The molecule has 1 aliphatic rings. The van der Waals surface area contributed by atoms with Crippen LogP contribution in [0.25, 0.3) is 0 Å². The second-order valence-corrected chi connectivity index (χ2v) is 7.62. The molecule has 0 aliphatic carbocycles. The van der Waals surface area contributed by atoms with Gasteiger partial charge in [-0.3, -0.25) is 9.59 Å². The summed E-state index contributed by atoms with van der Waals surface area (Å²) in [5.41, 5.74) is 1.44. The molecule has 10 heteroatoms. The van der Waals surface area contributed by atoms with Crippen LogP contribution in [0.3, 0.4) is 0 Å². The highest BCUT2D eigenvalue weighted by Crippen LogP contribution is 2.25. The van der Waals surface area contributed by atoms with E-state index in [1.54, 1.807) is 31.5 Å². The van der Waals surface area contributed by atoms with Crippen LogP contribution in [0.2, 0.25) is 0 Å². The van der Waals surface area contributed by atoms with Gasteiger partial charge < -0.3 is 25.1 Å². The van der Waals surface area contributed by atoms with Crippen molar-refractivity contribution in [1.29, 1.82) is 0 Å². The zero-order valence-corrected chi connectivity index (χ0v) is 17.5. The molecule has 0 radical (unpaired) electrons. The normalized spacial score (nSPS) is 19.4. The number of aromatic amines is 1. The number of para-hydroxylation sites is 1. The molecule has 2 aromatic rings. The van der Waals surface area contributed by atoms with E-state index in [0.29, 0.717) is 12.1 Å². The number of aromatic nitrogens is 2. The number of amides is 2. The fourth-order valence-electron chi connectivity index (χ4n) is 3.04. The minimum absolute atomic E-state index is 0.212. The molecule has 4 unspecified atom stereocenters. The summed E-state index contributed by atoms with van der Waals surface area (Å²) in [6.45, 7) is 1.90. The Balaban J connectivity index is 1.70. The molecule has 1 aliphatic heterocycles. The summed E-state index contributed by atoms with van der Waals surface area (Å²) in [5, 5.41) is 5.15. The van der Waals surface area contributed by atoms with Gasteiger partial charge in [-0.15, -0.1) is 11.8 Å². The first-order chi connectivity index (χ1) is 14.5. The number of H-pyrrole nitrogens is 1. The lowest BCUT2D eigenvalue weighted by atomic mass is 10.1. The van der Waals surface area contributed by atoms with Crippen LogP contribution in [0.5, 0.6) is 0 Å². The van der Waals surface area contributed by atoms with E-state index in [-0.39, 0.29) is 12.5 Å². The van der Waals surface area contributed by atoms with Crippen molar-refractivity contribution in [3.63, 3.8) is 0 Å². The molecule has 1 fully saturated rings. The number of epoxide rings is 1. The van der Waals surface area contributed by atoms with Gasteiger partial charge in [0.2, 0.25) is 5.91 Å². The SMILES string of the molecule is CCOC(=O)C1OC1C(=O)NC(Cc1cnc[nH]1)C(SC)C(=O)Nc1ccccc1. The minimum Gasteiger partial charge on any atom is -0.464 e. The van der Waals surface area contributed by atoms with Gasteiger partial charge in [-0.25, -0.2) is 9.78 Å². The average molecular weight is 433 g/mol. The van der Waals surface area contributed by atoms with E-state index < -0.39 is 35.4 Å². The van der Waals surface area contributed by atoms with Crippen molar-refractivity contribution in [3.05, 3.63) is 48.5 Å². The van der Waals surface area contributed by atoms with Gasteiger partial charge in [0.15, 0.2) is 12.2 Å². The number of nitrogens with zero attached hydrogens (tertiary/aromatic N) is 1. The predicted octanol–water partition coefficient (Wildman–Crippen LogP) is 1.14. The molecule has 2 heterocycles. The number of nitrogens with one attached hydrogen (secondary N) is 3. The minimum atomic E-state index is -0.909. The van der Waals surface area contributed by atoms with E-state index in [1.807, 2.05) is 18.2 Å². The number of hydrogen-bond acceptors (Lipinski definition) is 7. The van der Waals surface area contributed by atoms with Crippen molar-refractivity contribution in [3.8, 4) is 0 Å². The van der Waals surface area contributed by atoms with Crippen LogP contribution in [0, 0.1) is 0 Å². The van der Waals surface area contributed by atoms with Crippen LogP contribution in [-0.2, 0) is 30.3 Å². The summed E-state index contributed by atoms with van der Waals surface area (Å²) in [6, 6.07) is 8.54. The van der Waals surface area contributed by atoms with Gasteiger partial charge in [-0.1, -0.05) is 18.2 Å². The number of benzene rings is 1. The molecule has 30 heavy (non-hydrogen) atoms. The third-order valence-electron chi connectivity index (χ3n) is 4.51. The van der Waals surface area contributed by atoms with E-state index in [9.17, 15) is 14.4 Å². The van der Waals surface area contributed by atoms with E-state index in [0.717, 1.165) is 5.69 Å². The molecule has 0 bridgehead atoms. The highest BCUT2D eigenvalue weighted by molar-refractivity contribution is 8.00. The molecule has 4 atom stereocenters. The Labute approximate surface area is 178 Å². The smallest absolute Gasteiger partial charge is 0.338 e. The van der Waals surface area contributed by atoms with Gasteiger partial charge in [0.25, 0.3) is 5.91 Å². The Bertz CT molecular complexity index is 861. The largest absolute Gasteiger partial charge is 0.464 e. The molecule has 0 saturated carbocycles. The Kier molecular flexibility index (Phi) is 7.47. The number of ether oxygens (including phenoxy) is 2. The third kappa shape index (κ3) is 5.61. The van der Waals surface area contributed by atoms with Crippen molar-refractivity contribution in [1.82, 2.24) is 15.3 Å². The van der Waals surface area contributed by atoms with Crippen molar-refractivity contribution in [2.24, 2.45) is 0 Å². The monoisotopic (exact) mass is 432 g/mol. The maximum absolute atomic E-state index is 12.9. The molecule has 1 saturated heterocycles. The highest BCUT2D eigenvalue weighted by atomic mass is 32.2. The van der Waals surface area contributed by atoms with Crippen molar-refractivity contribution in [2.45, 2.75) is 36.8 Å². The molecule has 2 amide bonds. The first-order valence-electron chi connectivity index (χ1n) is 9.52. The zero-order chi connectivity index (χ0) is 21.5. The van der Waals surface area contributed by atoms with Gasteiger partial charge in [0, 0.05) is 24.0 Å². The van der Waals surface area contributed by atoms with Gasteiger partial charge in [0.1, 0.15) is 5.25 Å². The Morgan fingerprint density at radius 1 is 1.27 bits per heavy atom. The van der Waals surface area contributed by atoms with Crippen LogP contribution < -0.4 is 10.6 Å².